The molecule has 24 heteroatoms. The smallest absolute Gasteiger partial charge is 0.252 e. The van der Waals surface area contributed by atoms with Crippen LogP contribution in [-0.2, 0) is 14.4 Å². The second kappa shape index (κ2) is 45.9. The van der Waals surface area contributed by atoms with Crippen LogP contribution >= 0.6 is 130 Å². The molecule has 0 spiro atoms. The van der Waals surface area contributed by atoms with E-state index in [1.807, 2.05) is 47.1 Å². The highest BCUT2D eigenvalue weighted by molar-refractivity contribution is 8.78. The fraction of sp³-hybridized carbons (Fsp3) is 0.462. The van der Waals surface area contributed by atoms with Crippen molar-refractivity contribution in [2.45, 2.75) is 216 Å². The number of benzene rings is 6. The van der Waals surface area contributed by atoms with Gasteiger partial charge in [0.15, 0.2) is 0 Å². The Labute approximate surface area is 661 Å². The molecule has 0 heterocycles. The number of hydrogen-bond donors (Lipinski definition) is 6. The molecule has 0 unspecified atom stereocenters. The lowest BCUT2D eigenvalue weighted by atomic mass is 9.93. The summed E-state index contributed by atoms with van der Waals surface area (Å²) in [5.74, 6) is -0.0262. The molecule has 564 valence electrons. The molecule has 0 saturated carbocycles. The van der Waals surface area contributed by atoms with Crippen molar-refractivity contribution in [1.29, 1.82) is 0 Å². The summed E-state index contributed by atoms with van der Waals surface area (Å²) in [6, 6.07) is 0. The maximum Gasteiger partial charge on any atom is 0.252 e. The first-order chi connectivity index (χ1) is 47.5. The van der Waals surface area contributed by atoms with Crippen LogP contribution < -0.4 is 31.9 Å². The van der Waals surface area contributed by atoms with Gasteiger partial charge in [-0.05, 0) is 337 Å². The molecule has 0 aliphatic rings. The number of carbonyl (C=O) groups excluding carboxylic acids is 6. The zero-order valence-corrected chi connectivity index (χ0v) is 77.1. The minimum atomic E-state index is -0.0151. The van der Waals surface area contributed by atoms with Gasteiger partial charge in [0.2, 0.25) is 17.7 Å². The van der Waals surface area contributed by atoms with Gasteiger partial charge in [0.05, 0.1) is 11.3 Å². The average Bonchev–Trinajstić information content (AvgIpc) is 0.830. The molecule has 6 amide bonds. The van der Waals surface area contributed by atoms with Crippen LogP contribution in [0.5, 0.6) is 0 Å². The van der Waals surface area contributed by atoms with Crippen molar-refractivity contribution < 1.29 is 28.8 Å². The quantitative estimate of drug-likeness (QED) is 0.0448. The fourth-order valence-electron chi connectivity index (χ4n) is 11.3. The summed E-state index contributed by atoms with van der Waals surface area (Å²) in [4.78, 5) is 77.0. The van der Waals surface area contributed by atoms with Crippen LogP contribution in [0.15, 0.2) is 29.4 Å². The third-order valence-corrected chi connectivity index (χ3v) is 30.2. The third-order valence-electron chi connectivity index (χ3n) is 18.8. The Morgan fingerprint density at radius 3 is 0.745 bits per heavy atom. The minimum Gasteiger partial charge on any atom is -0.355 e. The molecule has 12 nitrogen and oxygen atoms in total. The number of nitrogens with one attached hydrogen (secondary N) is 6. The van der Waals surface area contributed by atoms with Gasteiger partial charge in [-0.2, -0.15) is 0 Å². The molecule has 0 radical (unpaired) electrons. The Balaban J connectivity index is 0.000000612. The van der Waals surface area contributed by atoms with Crippen LogP contribution in [0, 0.1) is 166 Å². The first-order valence-electron chi connectivity index (χ1n) is 32.9. The molecular weight excluding hydrogens is 1500 g/mol. The molecule has 6 N–H and O–H groups in total. The molecule has 0 aromatic heterocycles. The van der Waals surface area contributed by atoms with Crippen LogP contribution in [0.3, 0.4) is 0 Å². The summed E-state index contributed by atoms with van der Waals surface area (Å²) in [6.07, 6.45) is 12.3. The number of rotatable bonds is 18. The number of hydrogen-bond acceptors (Lipinski definition) is 18. The number of amides is 6. The molecule has 102 heavy (non-hydrogen) atoms. The van der Waals surface area contributed by atoms with Gasteiger partial charge in [-0.25, -0.2) is 0 Å². The number of anilines is 3. The van der Waals surface area contributed by atoms with Crippen molar-refractivity contribution in [1.82, 2.24) is 16.0 Å². The van der Waals surface area contributed by atoms with Crippen LogP contribution in [0.1, 0.15) is 185 Å². The highest BCUT2D eigenvalue weighted by atomic mass is 33.1. The second-order valence-corrected chi connectivity index (χ2v) is 39.0. The van der Waals surface area contributed by atoms with Gasteiger partial charge < -0.3 is 31.9 Å². The van der Waals surface area contributed by atoms with E-state index in [-0.39, 0.29) is 35.4 Å². The molecule has 6 aromatic carbocycles. The topological polar surface area (TPSA) is 175 Å². The van der Waals surface area contributed by atoms with Gasteiger partial charge in [0.25, 0.3) is 17.7 Å². The average molecular weight is 1620 g/mol. The Morgan fingerprint density at radius 1 is 0.206 bits per heavy atom. The monoisotopic (exact) mass is 1610 g/mol. The second-order valence-electron chi connectivity index (χ2n) is 24.5. The SMILES string of the molecule is CNC(=O)c1c(C)c(C)c(C)c(C)c1SSC.CNC(=O)c1c(C)c(C)c(C)c(SSC)c1C.CNC(=O)c1c(C)c(C)c(SSC)c(C)c1C.CSSc1c(C)c(C)c(C)c(C)c1NC(C)=O.CSSc1c(C)c(C)c(C)c(NC(C)=O)c1C.CSSc1c(C)c(C)c(NC(C)=O)c(C)c1C. The van der Waals surface area contributed by atoms with Crippen molar-refractivity contribution >= 4 is 182 Å². The molecular formula is C78H114N6O6S12. The highest BCUT2D eigenvalue weighted by Crippen LogP contribution is 2.46. The molecule has 0 fully saturated rings. The molecule has 6 rings (SSSR count). The van der Waals surface area contributed by atoms with Crippen LogP contribution in [-0.4, -0.2) is 94.1 Å². The molecule has 6 aromatic rings. The van der Waals surface area contributed by atoms with E-state index in [1.165, 1.54) is 130 Å². The van der Waals surface area contributed by atoms with Gasteiger partial charge in [0.1, 0.15) is 0 Å². The lowest BCUT2D eigenvalue weighted by Gasteiger charge is -2.19. The normalized spacial score (nSPS) is 10.5. The summed E-state index contributed by atoms with van der Waals surface area (Å²) in [5.41, 5.74) is 34.2. The Kier molecular flexibility index (Phi) is 43.3. The molecule has 0 bridgehead atoms. The lowest BCUT2D eigenvalue weighted by Crippen LogP contribution is -2.21. The van der Waals surface area contributed by atoms with Crippen LogP contribution in [0.4, 0.5) is 17.1 Å². The zero-order chi connectivity index (χ0) is 79.0. The standard InChI is InChI=1S/6C13H19NOS2/c1-7-9(3)12(17-16-6)10(4)8(2)11(7)13(15)14-5;1-7-9(3)13(17-16-6)10(4)8(2)12(7)14-11(5)15;1-7-8(2)11(13(15)14-5)10(4)12(9(7)3)17-16-6;1-7-8(2)12(14-11(5)15)10(4)13(9(7)3)17-16-6;1-7-8(2)10(4)12(17-16-6)11(9(7)3)13(15)14-5;1-7-8(2)10(4)13(17-16-6)12(9(7)3)14-11(5)15/h6*1-6H3,(H,14,15). The van der Waals surface area contributed by atoms with E-state index in [9.17, 15) is 28.8 Å². The predicted octanol–water partition coefficient (Wildman–Crippen LogP) is 23.7. The largest absolute Gasteiger partial charge is 0.355 e. The van der Waals surface area contributed by atoms with Gasteiger partial charge >= 0.3 is 0 Å². The van der Waals surface area contributed by atoms with Gasteiger partial charge in [0, 0.05) is 93.8 Å². The summed E-state index contributed by atoms with van der Waals surface area (Å²) < 4.78 is 0. The zero-order valence-electron chi connectivity index (χ0n) is 67.3. The molecule has 0 saturated heterocycles. The highest BCUT2D eigenvalue weighted by Gasteiger charge is 2.24. The van der Waals surface area contributed by atoms with Crippen molar-refractivity contribution in [3.63, 3.8) is 0 Å². The van der Waals surface area contributed by atoms with E-state index in [2.05, 4.69) is 188 Å². The Hall–Kier alpha value is -3.66. The van der Waals surface area contributed by atoms with E-state index in [0.717, 1.165) is 66.5 Å². The Morgan fingerprint density at radius 2 is 0.392 bits per heavy atom. The summed E-state index contributed by atoms with van der Waals surface area (Å²) in [7, 11) is 25.8. The van der Waals surface area contributed by atoms with Crippen molar-refractivity contribution in [3.8, 4) is 0 Å². The van der Waals surface area contributed by atoms with Crippen molar-refractivity contribution in [2.24, 2.45) is 0 Å². The van der Waals surface area contributed by atoms with Crippen molar-refractivity contribution in [3.05, 3.63) is 150 Å². The van der Waals surface area contributed by atoms with Crippen molar-refractivity contribution in [2.75, 3.05) is 74.6 Å². The predicted molar refractivity (Wildman–Crippen MR) is 472 cm³/mol. The van der Waals surface area contributed by atoms with E-state index in [1.54, 1.807) is 171 Å². The maximum atomic E-state index is 12.0. The van der Waals surface area contributed by atoms with E-state index in [0.29, 0.717) is 0 Å². The lowest BCUT2D eigenvalue weighted by molar-refractivity contribution is -0.115. The maximum absolute atomic E-state index is 12.0. The molecule has 0 aliphatic carbocycles. The first kappa shape index (κ1) is 96.4. The van der Waals surface area contributed by atoms with Crippen LogP contribution in [0.2, 0.25) is 0 Å². The van der Waals surface area contributed by atoms with E-state index < -0.39 is 0 Å². The van der Waals surface area contributed by atoms with Gasteiger partial charge in [-0.1, -0.05) is 130 Å². The first-order valence-corrected chi connectivity index (χ1v) is 48.2. The van der Waals surface area contributed by atoms with Crippen LogP contribution in [0.25, 0.3) is 0 Å². The molecule has 0 atom stereocenters. The summed E-state index contributed by atoms with van der Waals surface area (Å²) in [5, 5.41) is 17.0. The fourth-order valence-corrected chi connectivity index (χ4v) is 22.9. The van der Waals surface area contributed by atoms with E-state index >= 15 is 0 Å². The Bertz CT molecular complexity index is 4000. The van der Waals surface area contributed by atoms with Gasteiger partial charge in [-0.3, -0.25) is 28.8 Å². The minimum absolute atomic E-state index is 0.00486. The molecule has 0 aliphatic heterocycles. The number of carbonyl (C=O) groups is 6. The van der Waals surface area contributed by atoms with E-state index in [4.69, 9.17) is 0 Å². The van der Waals surface area contributed by atoms with Gasteiger partial charge in [-0.15, -0.1) is 0 Å². The third kappa shape index (κ3) is 24.7. The summed E-state index contributed by atoms with van der Waals surface area (Å²) >= 11 is 0. The summed E-state index contributed by atoms with van der Waals surface area (Å²) in [6.45, 7) is 54.7.